The van der Waals surface area contributed by atoms with Gasteiger partial charge in [-0.05, 0) is 134 Å². The summed E-state index contributed by atoms with van der Waals surface area (Å²) in [5.74, 6) is 40.8. The molecule has 0 rings (SSSR count). The highest BCUT2D eigenvalue weighted by Crippen LogP contribution is 2.50. The summed E-state index contributed by atoms with van der Waals surface area (Å²) in [5, 5.41) is 11.2. The largest absolute Gasteiger partial charge is 0.475 e. The van der Waals surface area contributed by atoms with Crippen molar-refractivity contribution in [2.75, 3.05) is 79.2 Å². The van der Waals surface area contributed by atoms with Crippen molar-refractivity contribution >= 4 is 45.4 Å². The van der Waals surface area contributed by atoms with Crippen LogP contribution in [0.2, 0.25) is 0 Å². The van der Waals surface area contributed by atoms with E-state index in [1.807, 2.05) is 0 Å². The Hall–Kier alpha value is -6.75. The quantitative estimate of drug-likeness (QED) is 0.0145. The van der Waals surface area contributed by atoms with Gasteiger partial charge in [0.25, 0.3) is 0 Å². The maximum Gasteiger partial charge on any atom is 0.475 e. The Labute approximate surface area is 740 Å². The molecule has 21 nitrogen and oxygen atoms in total. The van der Waals surface area contributed by atoms with Gasteiger partial charge in [-0.2, -0.15) is 0 Å². The second-order valence-electron chi connectivity index (χ2n) is 30.9. The van der Waals surface area contributed by atoms with Crippen molar-refractivity contribution in [3.8, 4) is 94.7 Å². The Morgan fingerprint density at radius 3 is 0.975 bits per heavy atom. The summed E-state index contributed by atoms with van der Waals surface area (Å²) < 4.78 is 87.0. The minimum Gasteiger partial charge on any atom is -0.462 e. The van der Waals surface area contributed by atoms with Crippen molar-refractivity contribution in [2.24, 2.45) is 0 Å². The fourth-order valence-corrected chi connectivity index (χ4v) is 15.2. The first-order valence-electron chi connectivity index (χ1n) is 47.0. The fourth-order valence-electron chi connectivity index (χ4n) is 12.8. The summed E-state index contributed by atoms with van der Waals surface area (Å²) in [6.45, 7) is 18.1. The van der Waals surface area contributed by atoms with Gasteiger partial charge in [0.15, 0.2) is 6.10 Å². The fraction of sp³-hybridized carbons (Fsp3) is 0.747. The van der Waals surface area contributed by atoms with Gasteiger partial charge in [0.2, 0.25) is 11.8 Å². The van der Waals surface area contributed by atoms with Crippen LogP contribution in [0.15, 0.2) is 25.3 Å². The predicted molar refractivity (Wildman–Crippen MR) is 494 cm³/mol. The highest BCUT2D eigenvalue weighted by atomic mass is 31.2. The van der Waals surface area contributed by atoms with Crippen molar-refractivity contribution in [3.63, 3.8) is 0 Å². The molecule has 23 heteroatoms. The second-order valence-corrected chi connectivity index (χ2v) is 34.3. The third kappa shape index (κ3) is 80.4. The number of hydrogen-bond acceptors (Lipinski definition) is 17. The van der Waals surface area contributed by atoms with Crippen molar-refractivity contribution < 1.29 is 79.2 Å². The maximum atomic E-state index is 14.2. The second kappa shape index (κ2) is 89.1. The van der Waals surface area contributed by atoms with E-state index in [0.717, 1.165) is 122 Å². The van der Waals surface area contributed by atoms with Gasteiger partial charge >= 0.3 is 33.6 Å². The summed E-state index contributed by atoms with van der Waals surface area (Å²) in [4.78, 5) is 66.7. The van der Waals surface area contributed by atoms with E-state index >= 15 is 0 Å². The Balaban J connectivity index is 6.29. The smallest absolute Gasteiger partial charge is 0.462 e. The zero-order valence-electron chi connectivity index (χ0n) is 76.5. The molecule has 0 aromatic carbocycles. The van der Waals surface area contributed by atoms with Crippen LogP contribution in [0.3, 0.4) is 0 Å². The zero-order valence-corrected chi connectivity index (χ0v) is 78.3. The molecular weight excluding hydrogens is 1580 g/mol. The van der Waals surface area contributed by atoms with E-state index in [4.69, 9.17) is 46.1 Å². The van der Waals surface area contributed by atoms with Crippen molar-refractivity contribution in [1.29, 1.82) is 0 Å². The van der Waals surface area contributed by atoms with E-state index in [2.05, 4.69) is 164 Å². The van der Waals surface area contributed by atoms with Gasteiger partial charge in [-0.1, -0.05) is 310 Å². The first-order chi connectivity index (χ1) is 59.6. The van der Waals surface area contributed by atoms with Crippen LogP contribution in [0, 0.1) is 94.7 Å². The number of carbonyl (C=O) groups is 5. The molecule has 0 aromatic heterocycles. The molecule has 6 atom stereocenters. The van der Waals surface area contributed by atoms with Gasteiger partial charge in [0.05, 0.1) is 78.2 Å². The van der Waals surface area contributed by atoms with E-state index in [1.54, 1.807) is 6.92 Å². The van der Waals surface area contributed by atoms with Crippen LogP contribution in [0.25, 0.3) is 0 Å². The van der Waals surface area contributed by atoms with Crippen molar-refractivity contribution in [1.82, 2.24) is 21.3 Å². The van der Waals surface area contributed by atoms with Crippen LogP contribution >= 0.6 is 15.6 Å². The van der Waals surface area contributed by atoms with Crippen LogP contribution in [0.5, 0.6) is 0 Å². The average molecular weight is 1740 g/mol. The monoisotopic (exact) mass is 1740 g/mol. The summed E-state index contributed by atoms with van der Waals surface area (Å²) in [6, 6.07) is -2.30. The molecule has 4 N–H and O–H groups in total. The first-order valence-corrected chi connectivity index (χ1v) is 49.9. The molecule has 0 saturated heterocycles. The number of ether oxygens (including phenoxy) is 4. The van der Waals surface area contributed by atoms with Crippen LogP contribution < -0.4 is 21.3 Å². The summed E-state index contributed by atoms with van der Waals surface area (Å²) in [7, 11) is -8.75. The number of unbranched alkanes of at least 4 members (excludes halogenated alkanes) is 40. The molecule has 0 aliphatic heterocycles. The van der Waals surface area contributed by atoms with Gasteiger partial charge in [-0.15, -0.1) is 13.2 Å². The molecule has 2 unspecified atom stereocenters. The van der Waals surface area contributed by atoms with Crippen molar-refractivity contribution in [2.45, 2.75) is 400 Å². The Kier molecular flexibility index (Phi) is 84.2. The average Bonchev–Trinajstić information content (AvgIpc) is 0.889. The lowest BCUT2D eigenvalue weighted by atomic mass is 10.1. The molecule has 0 saturated carbocycles. The Morgan fingerprint density at radius 2 is 0.631 bits per heavy atom. The number of phosphoric acid groups is 2. The van der Waals surface area contributed by atoms with E-state index in [0.29, 0.717) is 38.5 Å². The maximum absolute atomic E-state index is 14.2. The minimum atomic E-state index is -4.40. The lowest BCUT2D eigenvalue weighted by Crippen LogP contribution is -2.41. The van der Waals surface area contributed by atoms with Crippen LogP contribution in [-0.2, 0) is 74.4 Å². The SMILES string of the molecule is C=CCOP(=O)(OCCNC(=O)NCCOP(=O)(OCC=C)OC[C@H](COCC[C@@H](C#CC#CC#CC#CC#CC#CC#CC#CC)OC(=O)CCCCCCCCCCC)NC(=O)CCCCCCCCCCCCC)OC[C@H](COCC[C@@H](CCCCCCC)OC(=O)CCCCCCCCCCC)NC(=O)CCCCCCCCCCCCC. The lowest BCUT2D eigenvalue weighted by molar-refractivity contribution is -0.151. The molecule has 688 valence electrons. The molecule has 0 fully saturated rings. The standard InChI is InChI=1S/C99H160N4O17P2/c1-9-17-23-29-34-39-42-43-44-45-48-51-54-60-66-72-94(120-98(107)76-70-64-58-50-38-33-27-21-13-5)78-84-112-88-92(103-96(105)74-68-62-56-53-47-41-36-31-25-19-11-3)90-118-122(110,114-82-16-8)116-86-80-101-99(108)100-79-85-115-121(109,113-81-15-7)117-89-91(102-95(104)73-67-61-55-52-46-40-35-30-24-18-10-2)87-111-83-77-93(71-65-59-28-22-14-6)119-97(106)75-69-63-57-49-37-32-26-20-12-4/h15-16,91-94H,7-8,10-14,18-22,24-28,30-33,35-38,40-41,46-47,49-50,52-53,55-59,61-65,67-71,73-90H2,1-6H3,(H,102,104)(H,103,105)(H2,100,101,108)/t91-,92-,93+,94+,121?,122?/m0/s1. The van der Waals surface area contributed by atoms with Crippen molar-refractivity contribution in [3.05, 3.63) is 25.3 Å². The predicted octanol–water partition coefficient (Wildman–Crippen LogP) is 22.2. The molecule has 0 heterocycles. The number of nitrogens with one attached hydrogen (secondary N) is 4. The molecule has 0 radical (unpaired) electrons. The number of carbonyl (C=O) groups excluding carboxylic acids is 5. The van der Waals surface area contributed by atoms with E-state index < -0.39 is 45.8 Å². The summed E-state index contributed by atoms with van der Waals surface area (Å²) in [6.07, 6.45) is 54.5. The highest BCUT2D eigenvalue weighted by Gasteiger charge is 2.31. The molecule has 122 heavy (non-hydrogen) atoms. The summed E-state index contributed by atoms with van der Waals surface area (Å²) in [5.41, 5.74) is 0. The van der Waals surface area contributed by atoms with Gasteiger partial charge in [0, 0.05) is 51.6 Å². The first kappa shape index (κ1) is 115. The lowest BCUT2D eigenvalue weighted by Gasteiger charge is -2.23. The Bertz CT molecular complexity index is 3350. The zero-order chi connectivity index (χ0) is 89.1. The highest BCUT2D eigenvalue weighted by molar-refractivity contribution is 7.48. The number of phosphoric ester groups is 2. The van der Waals surface area contributed by atoms with Gasteiger partial charge in [-0.25, -0.2) is 13.9 Å². The number of amides is 4. The normalized spacial score (nSPS) is 12.5. The number of rotatable bonds is 84. The molecule has 0 bridgehead atoms. The molecule has 0 spiro atoms. The van der Waals surface area contributed by atoms with Crippen LogP contribution in [0.4, 0.5) is 4.79 Å². The topological polar surface area (TPSA) is 260 Å². The molecule has 0 aliphatic rings. The number of urea groups is 1. The third-order valence-electron chi connectivity index (χ3n) is 19.7. The van der Waals surface area contributed by atoms with Crippen LogP contribution in [0.1, 0.15) is 375 Å². The number of esters is 2. The summed E-state index contributed by atoms with van der Waals surface area (Å²) >= 11 is 0. The molecular formula is C99H160N4O17P2. The molecule has 4 amide bonds. The van der Waals surface area contributed by atoms with E-state index in [9.17, 15) is 33.1 Å². The third-order valence-corrected chi connectivity index (χ3v) is 22.5. The minimum absolute atomic E-state index is 0.0000263. The molecule has 0 aromatic rings. The van der Waals surface area contributed by atoms with Gasteiger partial charge in [0.1, 0.15) is 6.10 Å². The molecule has 0 aliphatic carbocycles. The van der Waals surface area contributed by atoms with E-state index in [1.165, 1.54) is 166 Å². The Morgan fingerprint density at radius 1 is 0.328 bits per heavy atom. The van der Waals surface area contributed by atoms with E-state index in [-0.39, 0.29) is 122 Å². The van der Waals surface area contributed by atoms with Crippen LogP contribution in [-0.4, -0.2) is 133 Å². The van der Waals surface area contributed by atoms with Gasteiger partial charge < -0.3 is 40.2 Å². The van der Waals surface area contributed by atoms with Gasteiger partial charge in [-0.3, -0.25) is 46.3 Å². The number of hydrogen-bond donors (Lipinski definition) is 4.